The average molecular weight is 301 g/mol. The van der Waals surface area contributed by atoms with Gasteiger partial charge in [0, 0.05) is 17.7 Å². The second kappa shape index (κ2) is 8.29. The van der Waals surface area contributed by atoms with E-state index in [2.05, 4.69) is 21.9 Å². The maximum Gasteiger partial charge on any atom is 0.411 e. The summed E-state index contributed by atoms with van der Waals surface area (Å²) in [6.07, 6.45) is -4.37. The van der Waals surface area contributed by atoms with E-state index in [4.69, 9.17) is 5.11 Å². The molecular formula is C14H14F3NO3. The van der Waals surface area contributed by atoms with Crippen molar-refractivity contribution in [1.82, 2.24) is 5.32 Å². The predicted octanol–water partition coefficient (Wildman–Crippen LogP) is 1.34. The van der Waals surface area contributed by atoms with Gasteiger partial charge in [0.15, 0.2) is 0 Å². The van der Waals surface area contributed by atoms with Crippen molar-refractivity contribution in [2.24, 2.45) is 0 Å². The lowest BCUT2D eigenvalue weighted by atomic mass is 10.1. The molecule has 1 aromatic carbocycles. The van der Waals surface area contributed by atoms with Gasteiger partial charge in [0.1, 0.15) is 13.2 Å². The Kier molecular flexibility index (Phi) is 6.72. The summed E-state index contributed by atoms with van der Waals surface area (Å²) in [5.41, 5.74) is 1.01. The van der Waals surface area contributed by atoms with Crippen molar-refractivity contribution in [2.75, 3.05) is 26.4 Å². The number of carbonyl (C=O) groups is 1. The van der Waals surface area contributed by atoms with Gasteiger partial charge < -0.3 is 15.2 Å². The summed E-state index contributed by atoms with van der Waals surface area (Å²) in [5.74, 6) is 4.74. The fraction of sp³-hybridized carbons (Fsp3) is 0.357. The van der Waals surface area contributed by atoms with Crippen LogP contribution in [0.25, 0.3) is 0 Å². The molecule has 0 fully saturated rings. The molecule has 7 heteroatoms. The number of amides is 1. The minimum atomic E-state index is -4.37. The Morgan fingerprint density at radius 3 is 2.52 bits per heavy atom. The van der Waals surface area contributed by atoms with E-state index in [1.807, 2.05) is 0 Å². The Bertz CT molecular complexity index is 515. The van der Waals surface area contributed by atoms with Crippen molar-refractivity contribution in [3.05, 3.63) is 35.4 Å². The number of nitrogens with one attached hydrogen (secondary N) is 1. The van der Waals surface area contributed by atoms with E-state index in [9.17, 15) is 18.0 Å². The lowest BCUT2D eigenvalue weighted by molar-refractivity contribution is -0.173. The highest BCUT2D eigenvalue weighted by atomic mass is 19.4. The topological polar surface area (TPSA) is 58.6 Å². The Morgan fingerprint density at radius 2 is 1.95 bits per heavy atom. The van der Waals surface area contributed by atoms with Crippen molar-refractivity contribution < 1.29 is 27.8 Å². The van der Waals surface area contributed by atoms with E-state index < -0.39 is 18.7 Å². The van der Waals surface area contributed by atoms with Gasteiger partial charge in [-0.2, -0.15) is 13.2 Å². The third-order valence-corrected chi connectivity index (χ3v) is 2.26. The quantitative estimate of drug-likeness (QED) is 0.637. The van der Waals surface area contributed by atoms with Crippen molar-refractivity contribution in [3.63, 3.8) is 0 Å². The van der Waals surface area contributed by atoms with Crippen LogP contribution < -0.4 is 5.32 Å². The number of benzene rings is 1. The zero-order valence-electron chi connectivity index (χ0n) is 11.0. The van der Waals surface area contributed by atoms with Gasteiger partial charge in [0.25, 0.3) is 5.91 Å². The van der Waals surface area contributed by atoms with Crippen LogP contribution in [0.15, 0.2) is 24.3 Å². The van der Waals surface area contributed by atoms with Crippen LogP contribution in [-0.2, 0) is 4.74 Å². The van der Waals surface area contributed by atoms with Crippen molar-refractivity contribution in [2.45, 2.75) is 6.18 Å². The molecular weight excluding hydrogens is 287 g/mol. The lowest BCUT2D eigenvalue weighted by Gasteiger charge is -2.08. The van der Waals surface area contributed by atoms with Crippen molar-refractivity contribution in [3.8, 4) is 11.8 Å². The molecule has 0 spiro atoms. The van der Waals surface area contributed by atoms with Crippen LogP contribution in [-0.4, -0.2) is 43.6 Å². The van der Waals surface area contributed by atoms with Crippen LogP contribution in [0.2, 0.25) is 0 Å². The molecule has 0 saturated heterocycles. The highest BCUT2D eigenvalue weighted by Crippen LogP contribution is 2.13. The molecule has 0 unspecified atom stereocenters. The van der Waals surface area contributed by atoms with Crippen LogP contribution >= 0.6 is 0 Å². The molecule has 0 aliphatic heterocycles. The number of hydrogen-bond acceptors (Lipinski definition) is 3. The molecule has 0 aliphatic carbocycles. The van der Waals surface area contributed by atoms with Crippen molar-refractivity contribution >= 4 is 5.91 Å². The number of halogens is 3. The summed E-state index contributed by atoms with van der Waals surface area (Å²) in [7, 11) is 0. The molecule has 0 radical (unpaired) electrons. The molecule has 0 heterocycles. The van der Waals surface area contributed by atoms with Gasteiger partial charge in [0.2, 0.25) is 0 Å². The zero-order chi connectivity index (χ0) is 15.7. The van der Waals surface area contributed by atoms with Gasteiger partial charge in [-0.25, -0.2) is 0 Å². The first-order chi connectivity index (χ1) is 9.92. The summed E-state index contributed by atoms with van der Waals surface area (Å²) in [5, 5.41) is 11.0. The van der Waals surface area contributed by atoms with Gasteiger partial charge in [-0.1, -0.05) is 11.8 Å². The zero-order valence-corrected chi connectivity index (χ0v) is 11.0. The van der Waals surface area contributed by atoms with Crippen LogP contribution in [0.1, 0.15) is 15.9 Å². The Labute approximate surface area is 119 Å². The second-order valence-electron chi connectivity index (χ2n) is 3.96. The largest absolute Gasteiger partial charge is 0.411 e. The first kappa shape index (κ1) is 17.0. The molecule has 1 aromatic rings. The molecule has 4 nitrogen and oxygen atoms in total. The third kappa shape index (κ3) is 7.34. The van der Waals surface area contributed by atoms with E-state index >= 15 is 0 Å². The molecule has 114 valence electrons. The number of aliphatic hydroxyl groups excluding tert-OH is 1. The Balaban J connectivity index is 2.35. The number of ether oxygens (including phenoxy) is 1. The van der Waals surface area contributed by atoms with E-state index in [0.717, 1.165) is 0 Å². The minimum Gasteiger partial charge on any atom is -0.384 e. The number of carbonyl (C=O) groups excluding carboxylic acids is 1. The standard InChI is InChI=1S/C14H14F3NO3/c15-14(16,17)10-21-9-7-18-13(20)12-5-3-11(4-6-12)2-1-8-19/h3-6,19H,7-10H2,(H,18,20). The van der Waals surface area contributed by atoms with Crippen molar-refractivity contribution in [1.29, 1.82) is 0 Å². The fourth-order valence-electron chi connectivity index (χ4n) is 1.37. The molecule has 1 amide bonds. The van der Waals surface area contributed by atoms with Crippen LogP contribution in [0.3, 0.4) is 0 Å². The smallest absolute Gasteiger partial charge is 0.384 e. The number of rotatable bonds is 5. The van der Waals surface area contributed by atoms with Gasteiger partial charge in [0.05, 0.1) is 6.61 Å². The van der Waals surface area contributed by atoms with Gasteiger partial charge in [-0.15, -0.1) is 0 Å². The second-order valence-corrected chi connectivity index (χ2v) is 3.96. The SMILES string of the molecule is O=C(NCCOCC(F)(F)F)c1ccc(C#CCO)cc1. The third-order valence-electron chi connectivity index (χ3n) is 2.26. The highest BCUT2D eigenvalue weighted by molar-refractivity contribution is 5.94. The van der Waals surface area contributed by atoms with Crippen LogP contribution in [0.5, 0.6) is 0 Å². The molecule has 0 saturated carbocycles. The fourth-order valence-corrected chi connectivity index (χ4v) is 1.37. The number of aliphatic hydroxyl groups is 1. The van der Waals surface area contributed by atoms with E-state index in [1.54, 1.807) is 12.1 Å². The van der Waals surface area contributed by atoms with Crippen LogP contribution in [0, 0.1) is 11.8 Å². The first-order valence-electron chi connectivity index (χ1n) is 6.05. The van der Waals surface area contributed by atoms with Gasteiger partial charge >= 0.3 is 6.18 Å². The molecule has 1 rings (SSSR count). The first-order valence-corrected chi connectivity index (χ1v) is 6.05. The average Bonchev–Trinajstić information content (AvgIpc) is 2.44. The van der Waals surface area contributed by atoms with E-state index in [0.29, 0.717) is 11.1 Å². The summed E-state index contributed by atoms with van der Waals surface area (Å²) < 4.78 is 39.7. The normalized spacial score (nSPS) is 10.7. The number of alkyl halides is 3. The monoisotopic (exact) mass is 301 g/mol. The van der Waals surface area contributed by atoms with Gasteiger partial charge in [-0.3, -0.25) is 4.79 Å². The highest BCUT2D eigenvalue weighted by Gasteiger charge is 2.27. The maximum absolute atomic E-state index is 11.8. The predicted molar refractivity (Wildman–Crippen MR) is 69.6 cm³/mol. The summed E-state index contributed by atoms with van der Waals surface area (Å²) in [6.45, 7) is -1.81. The Hall–Kier alpha value is -2.04. The maximum atomic E-state index is 11.8. The van der Waals surface area contributed by atoms with Crippen LogP contribution in [0.4, 0.5) is 13.2 Å². The summed E-state index contributed by atoms with van der Waals surface area (Å²) in [6, 6.07) is 6.29. The summed E-state index contributed by atoms with van der Waals surface area (Å²) >= 11 is 0. The molecule has 0 aliphatic rings. The number of hydrogen-bond donors (Lipinski definition) is 2. The van der Waals surface area contributed by atoms with E-state index in [1.165, 1.54) is 12.1 Å². The lowest BCUT2D eigenvalue weighted by Crippen LogP contribution is -2.28. The molecule has 0 aromatic heterocycles. The minimum absolute atomic E-state index is 0.0129. The molecule has 0 atom stereocenters. The van der Waals surface area contributed by atoms with E-state index in [-0.39, 0.29) is 19.8 Å². The molecule has 21 heavy (non-hydrogen) atoms. The molecule has 2 N–H and O–H groups in total. The molecule has 0 bridgehead atoms. The Morgan fingerprint density at radius 1 is 1.29 bits per heavy atom. The van der Waals surface area contributed by atoms with Gasteiger partial charge in [-0.05, 0) is 24.3 Å². The summed E-state index contributed by atoms with van der Waals surface area (Å²) in [4.78, 5) is 11.7.